The molecule has 0 aliphatic carbocycles. The Bertz CT molecular complexity index is 1210. The summed E-state index contributed by atoms with van der Waals surface area (Å²) in [6.45, 7) is 11.3. The van der Waals surface area contributed by atoms with Crippen LogP contribution < -0.4 is 16.2 Å². The maximum Gasteiger partial charge on any atom is 0.430 e. The van der Waals surface area contributed by atoms with E-state index in [4.69, 9.17) is 57.3 Å². The second-order valence-electron chi connectivity index (χ2n) is 10.9. The van der Waals surface area contributed by atoms with Crippen molar-refractivity contribution in [2.45, 2.75) is 12.6 Å². The van der Waals surface area contributed by atoms with E-state index in [1.165, 1.54) is 6.33 Å². The number of carbonyl (C=O) groups excluding carboxylic acids is 2. The third-order valence-corrected chi connectivity index (χ3v) is 6.42. The molecule has 2 aromatic rings. The molecule has 0 bridgehead atoms. The van der Waals surface area contributed by atoms with Crippen molar-refractivity contribution in [1.29, 1.82) is 0 Å². The first-order chi connectivity index (χ1) is 27.2. The van der Waals surface area contributed by atoms with Crippen LogP contribution in [0.2, 0.25) is 0 Å². The number of carboxylic acids is 1. The van der Waals surface area contributed by atoms with E-state index in [9.17, 15) is 18.0 Å². The second kappa shape index (κ2) is 35.8. The van der Waals surface area contributed by atoms with Crippen molar-refractivity contribution in [2.75, 3.05) is 145 Å². The van der Waals surface area contributed by atoms with Gasteiger partial charge in [0.05, 0.1) is 145 Å². The average Bonchev–Trinajstić information content (AvgIpc) is 3.19. The van der Waals surface area contributed by atoms with E-state index in [-0.39, 0.29) is 12.3 Å². The molecule has 4 N–H and O–H groups in total. The molecule has 56 heavy (non-hydrogen) atoms. The SMILES string of the molecule is O=C([O-])C(F)(F)F.[NH3+]CCOCCOCCOCCOCCOCCOCCOCCOCCOCCOCCNC(=O)Cc1ccc(-c2nncnn2)cc1. The Morgan fingerprint density at radius 3 is 1.21 bits per heavy atom. The van der Waals surface area contributed by atoms with Gasteiger partial charge in [-0.05, 0) is 5.56 Å². The molecule has 0 aliphatic rings. The van der Waals surface area contributed by atoms with Gasteiger partial charge in [0.1, 0.15) is 5.97 Å². The first-order valence-corrected chi connectivity index (χ1v) is 17.9. The lowest BCUT2D eigenvalue weighted by atomic mass is 10.1. The summed E-state index contributed by atoms with van der Waals surface area (Å²) < 4.78 is 86.0. The first-order valence-electron chi connectivity index (χ1n) is 17.9. The number of amides is 1. The maximum atomic E-state index is 12.2. The lowest BCUT2D eigenvalue weighted by Gasteiger charge is -2.09. The van der Waals surface area contributed by atoms with Crippen LogP contribution in [0.3, 0.4) is 0 Å². The molecule has 320 valence electrons. The highest BCUT2D eigenvalue weighted by Crippen LogP contribution is 2.14. The summed E-state index contributed by atoms with van der Waals surface area (Å²) >= 11 is 0. The molecule has 22 heteroatoms. The van der Waals surface area contributed by atoms with Crippen molar-refractivity contribution in [3.63, 3.8) is 0 Å². The molecular weight excluding hydrogens is 757 g/mol. The highest BCUT2D eigenvalue weighted by molar-refractivity contribution is 5.78. The number of rotatable bonds is 35. The molecule has 1 aromatic carbocycles. The van der Waals surface area contributed by atoms with Gasteiger partial charge in [0.15, 0.2) is 6.33 Å². The molecule has 19 nitrogen and oxygen atoms in total. The van der Waals surface area contributed by atoms with Gasteiger partial charge in [-0.25, -0.2) is 0 Å². The molecule has 0 spiro atoms. The van der Waals surface area contributed by atoms with E-state index in [0.717, 1.165) is 17.7 Å². The van der Waals surface area contributed by atoms with Gasteiger partial charge in [-0.15, -0.1) is 20.4 Å². The summed E-state index contributed by atoms with van der Waals surface area (Å²) in [5.74, 6) is -2.65. The fourth-order valence-electron chi connectivity index (χ4n) is 3.79. The summed E-state index contributed by atoms with van der Waals surface area (Å²) in [6, 6.07) is 7.39. The zero-order chi connectivity index (χ0) is 40.8. The number of hydrogen-bond donors (Lipinski definition) is 2. The number of benzene rings is 1. The molecule has 0 aliphatic heterocycles. The number of carboxylic acid groups (broad SMARTS) is 1. The van der Waals surface area contributed by atoms with Gasteiger partial charge in [-0.2, -0.15) is 13.2 Å². The number of carbonyl (C=O) groups is 2. The fourth-order valence-corrected chi connectivity index (χ4v) is 3.79. The Kier molecular flexibility index (Phi) is 32.3. The molecule has 0 atom stereocenters. The molecule has 1 amide bonds. The normalized spacial score (nSPS) is 11.3. The topological polar surface area (TPSA) is 241 Å². The van der Waals surface area contributed by atoms with Crippen molar-refractivity contribution in [2.24, 2.45) is 0 Å². The predicted octanol–water partition coefficient (Wildman–Crippen LogP) is -1.70. The van der Waals surface area contributed by atoms with Gasteiger partial charge in [0, 0.05) is 12.1 Å². The highest BCUT2D eigenvalue weighted by Gasteiger charge is 2.28. The zero-order valence-corrected chi connectivity index (χ0v) is 31.6. The number of ether oxygens (including phenoxy) is 10. The largest absolute Gasteiger partial charge is 0.542 e. The Labute approximate surface area is 323 Å². The van der Waals surface area contributed by atoms with E-state index in [1.54, 1.807) is 0 Å². The van der Waals surface area contributed by atoms with Gasteiger partial charge in [0.2, 0.25) is 11.7 Å². The van der Waals surface area contributed by atoms with Crippen LogP contribution in [0.5, 0.6) is 0 Å². The van der Waals surface area contributed by atoms with E-state index in [0.29, 0.717) is 145 Å². The van der Waals surface area contributed by atoms with Crippen molar-refractivity contribution in [3.8, 4) is 11.4 Å². The van der Waals surface area contributed by atoms with Crippen molar-refractivity contribution in [1.82, 2.24) is 25.7 Å². The minimum Gasteiger partial charge on any atom is -0.542 e. The molecule has 2 rings (SSSR count). The van der Waals surface area contributed by atoms with E-state index >= 15 is 0 Å². The number of nitrogens with one attached hydrogen (secondary N) is 1. The van der Waals surface area contributed by atoms with Gasteiger partial charge in [-0.3, -0.25) is 4.79 Å². The number of halogens is 3. The molecule has 0 radical (unpaired) electrons. The number of aliphatic carboxylic acids is 1. The van der Waals surface area contributed by atoms with Crippen LogP contribution in [-0.2, 0) is 63.4 Å². The van der Waals surface area contributed by atoms with Gasteiger partial charge < -0.3 is 68.3 Å². The minimum atomic E-state index is -5.19. The van der Waals surface area contributed by atoms with Crippen LogP contribution in [0, 0.1) is 0 Å². The third kappa shape index (κ3) is 31.6. The van der Waals surface area contributed by atoms with Crippen LogP contribution in [0.25, 0.3) is 11.4 Å². The maximum absolute atomic E-state index is 12.2. The van der Waals surface area contributed by atoms with Crippen LogP contribution in [-0.4, -0.2) is 184 Å². The summed E-state index contributed by atoms with van der Waals surface area (Å²) in [5.41, 5.74) is 5.37. The van der Waals surface area contributed by atoms with Crippen LogP contribution in [0.4, 0.5) is 13.2 Å². The van der Waals surface area contributed by atoms with Crippen LogP contribution >= 0.6 is 0 Å². The first kappa shape index (κ1) is 50.5. The summed E-state index contributed by atoms with van der Waals surface area (Å²) in [4.78, 5) is 20.9. The quantitative estimate of drug-likeness (QED) is 0.0737. The Balaban J connectivity index is 0.00000203. The Hall–Kier alpha value is -3.55. The third-order valence-electron chi connectivity index (χ3n) is 6.42. The highest BCUT2D eigenvalue weighted by atomic mass is 19.4. The number of aromatic nitrogens is 4. The van der Waals surface area contributed by atoms with Gasteiger partial charge in [-0.1, -0.05) is 24.3 Å². The van der Waals surface area contributed by atoms with Crippen molar-refractivity contribution >= 4 is 11.9 Å². The summed E-state index contributed by atoms with van der Waals surface area (Å²) in [6.07, 6.45) is -3.65. The molecule has 0 saturated heterocycles. The van der Waals surface area contributed by atoms with Crippen molar-refractivity contribution in [3.05, 3.63) is 36.2 Å². The molecule has 0 fully saturated rings. The fraction of sp³-hybridized carbons (Fsp3) is 0.706. The van der Waals surface area contributed by atoms with E-state index in [2.05, 4.69) is 31.4 Å². The molecule has 1 aromatic heterocycles. The zero-order valence-electron chi connectivity index (χ0n) is 31.6. The molecule has 0 unspecified atom stereocenters. The molecular formula is C34H55F3N6O13. The van der Waals surface area contributed by atoms with E-state index < -0.39 is 12.1 Å². The lowest BCUT2D eigenvalue weighted by molar-refractivity contribution is -0.374. The van der Waals surface area contributed by atoms with Crippen LogP contribution in [0.1, 0.15) is 5.56 Å². The number of hydrogen-bond acceptors (Lipinski definition) is 17. The Morgan fingerprint density at radius 1 is 0.571 bits per heavy atom. The smallest absolute Gasteiger partial charge is 0.430 e. The monoisotopic (exact) mass is 812 g/mol. The lowest BCUT2D eigenvalue weighted by Crippen LogP contribution is -2.52. The second-order valence-corrected chi connectivity index (χ2v) is 10.9. The standard InChI is InChI=1S/C32H54N6O11.C2HF3O2/c33-5-7-40-9-11-42-13-15-44-17-19-46-21-23-48-25-26-49-24-22-47-20-18-45-16-14-43-12-10-41-8-6-34-31(39)27-29-1-3-30(4-2-29)32-37-35-28-36-38-32;3-2(4,5)1(6)7/h1-4,28H,5-27,33H2,(H,34,39);(H,6,7). The number of alkyl halides is 3. The average molecular weight is 813 g/mol. The van der Waals surface area contributed by atoms with E-state index in [1.807, 2.05) is 24.3 Å². The summed E-state index contributed by atoms with van der Waals surface area (Å²) in [7, 11) is 0. The summed E-state index contributed by atoms with van der Waals surface area (Å²) in [5, 5.41) is 26.9. The minimum absolute atomic E-state index is 0.0807. The Morgan fingerprint density at radius 2 is 0.893 bits per heavy atom. The predicted molar refractivity (Wildman–Crippen MR) is 187 cm³/mol. The van der Waals surface area contributed by atoms with Crippen LogP contribution in [0.15, 0.2) is 30.6 Å². The van der Waals surface area contributed by atoms with Gasteiger partial charge in [0.25, 0.3) is 0 Å². The number of nitrogens with zero attached hydrogens (tertiary/aromatic N) is 4. The molecule has 0 saturated carbocycles. The van der Waals surface area contributed by atoms with Crippen molar-refractivity contribution < 1.29 is 81.0 Å². The molecule has 1 heterocycles. The van der Waals surface area contributed by atoms with Gasteiger partial charge >= 0.3 is 6.18 Å². The number of quaternary nitrogens is 1.